The summed E-state index contributed by atoms with van der Waals surface area (Å²) in [4.78, 5) is 11.1. The second kappa shape index (κ2) is 5.31. The number of halogens is 3. The number of rotatable bonds is 6. The van der Waals surface area contributed by atoms with Gasteiger partial charge in [0.15, 0.2) is 0 Å². The third-order valence-electron chi connectivity index (χ3n) is 3.24. The van der Waals surface area contributed by atoms with Crippen LogP contribution in [0.4, 0.5) is 13.2 Å². The van der Waals surface area contributed by atoms with Crippen molar-refractivity contribution in [3.05, 3.63) is 0 Å². The lowest BCUT2D eigenvalue weighted by Crippen LogP contribution is -2.51. The highest BCUT2D eigenvalue weighted by molar-refractivity contribution is 5.73. The molecule has 0 saturated heterocycles. The first kappa shape index (κ1) is 18.2. The van der Waals surface area contributed by atoms with E-state index in [0.29, 0.717) is 0 Å². The Morgan fingerprint density at radius 3 is 1.79 bits per heavy atom. The van der Waals surface area contributed by atoms with Crippen LogP contribution in [0.15, 0.2) is 0 Å². The molecule has 0 rings (SSSR count). The average Bonchev–Trinajstić information content (AvgIpc) is 2.11. The van der Waals surface area contributed by atoms with Gasteiger partial charge in [-0.25, -0.2) is 0 Å². The summed E-state index contributed by atoms with van der Waals surface area (Å²) in [5, 5.41) is 11.9. The Balaban J connectivity index is 4.69. The van der Waals surface area contributed by atoms with Crippen LogP contribution in [-0.4, -0.2) is 29.3 Å². The van der Waals surface area contributed by atoms with Gasteiger partial charge in [-0.1, -0.05) is 0 Å². The van der Waals surface area contributed by atoms with E-state index in [0.717, 1.165) is 13.8 Å². The van der Waals surface area contributed by atoms with Gasteiger partial charge in [0, 0.05) is 12.1 Å². The number of alkyl halides is 3. The minimum absolute atomic E-state index is 0.239. The van der Waals surface area contributed by atoms with Crippen molar-refractivity contribution in [2.24, 2.45) is 10.8 Å². The molecule has 3 nitrogen and oxygen atoms in total. The topological polar surface area (TPSA) is 49.3 Å². The first-order valence-corrected chi connectivity index (χ1v) is 6.16. The fourth-order valence-electron chi connectivity index (χ4n) is 1.80. The van der Waals surface area contributed by atoms with Gasteiger partial charge in [0.25, 0.3) is 0 Å². The predicted octanol–water partition coefficient (Wildman–Crippen LogP) is 3.44. The summed E-state index contributed by atoms with van der Waals surface area (Å²) in [5.41, 5.74) is -3.53. The SMILES string of the molecule is CC(C)(CC(C)(C)C(=O)O)NCC(C)(C)C(F)(F)F. The summed E-state index contributed by atoms with van der Waals surface area (Å²) in [5.74, 6) is -0.961. The van der Waals surface area contributed by atoms with Crippen molar-refractivity contribution in [1.29, 1.82) is 0 Å². The number of carboxylic acids is 1. The zero-order valence-electron chi connectivity index (χ0n) is 12.4. The Hall–Kier alpha value is -0.780. The van der Waals surface area contributed by atoms with Gasteiger partial charge < -0.3 is 10.4 Å². The molecular formula is C13H24F3NO2. The molecule has 0 unspecified atom stereocenters. The van der Waals surface area contributed by atoms with Gasteiger partial charge in [0.2, 0.25) is 0 Å². The Labute approximate surface area is 112 Å². The molecule has 0 atom stereocenters. The Morgan fingerprint density at radius 2 is 1.47 bits per heavy atom. The molecule has 0 radical (unpaired) electrons. The van der Waals surface area contributed by atoms with E-state index >= 15 is 0 Å². The zero-order valence-corrected chi connectivity index (χ0v) is 12.4. The fourth-order valence-corrected chi connectivity index (χ4v) is 1.80. The van der Waals surface area contributed by atoms with E-state index in [1.165, 1.54) is 0 Å². The number of nitrogens with one attached hydrogen (secondary N) is 1. The van der Waals surface area contributed by atoms with E-state index in [1.807, 2.05) is 0 Å². The molecule has 0 aromatic carbocycles. The van der Waals surface area contributed by atoms with E-state index in [9.17, 15) is 18.0 Å². The van der Waals surface area contributed by atoms with E-state index in [4.69, 9.17) is 5.11 Å². The van der Waals surface area contributed by atoms with Crippen molar-refractivity contribution in [3.63, 3.8) is 0 Å². The summed E-state index contributed by atoms with van der Waals surface area (Å²) in [7, 11) is 0. The Bertz CT molecular complexity index is 333. The van der Waals surface area contributed by atoms with Crippen molar-refractivity contribution < 1.29 is 23.1 Å². The van der Waals surface area contributed by atoms with Crippen LogP contribution in [0.2, 0.25) is 0 Å². The fraction of sp³-hybridized carbons (Fsp3) is 0.923. The number of carbonyl (C=O) groups is 1. The van der Waals surface area contributed by atoms with Crippen molar-refractivity contribution in [1.82, 2.24) is 5.32 Å². The molecule has 0 spiro atoms. The van der Waals surface area contributed by atoms with E-state index < -0.39 is 28.5 Å². The van der Waals surface area contributed by atoms with Crippen molar-refractivity contribution in [2.45, 2.75) is 59.7 Å². The largest absolute Gasteiger partial charge is 0.481 e. The normalized spacial score (nSPS) is 14.6. The van der Waals surface area contributed by atoms with Gasteiger partial charge in [0.05, 0.1) is 10.8 Å². The number of carboxylic acid groups (broad SMARTS) is 1. The number of aliphatic carboxylic acids is 1. The van der Waals surface area contributed by atoms with Gasteiger partial charge >= 0.3 is 12.1 Å². The lowest BCUT2D eigenvalue weighted by Gasteiger charge is -2.37. The maximum atomic E-state index is 12.7. The van der Waals surface area contributed by atoms with E-state index in [1.54, 1.807) is 27.7 Å². The van der Waals surface area contributed by atoms with Crippen LogP contribution in [0, 0.1) is 10.8 Å². The molecule has 19 heavy (non-hydrogen) atoms. The van der Waals surface area contributed by atoms with Crippen LogP contribution in [0.3, 0.4) is 0 Å². The van der Waals surface area contributed by atoms with Gasteiger partial charge in [-0.2, -0.15) is 13.2 Å². The molecule has 0 aliphatic carbocycles. The molecule has 0 aliphatic heterocycles. The molecule has 0 bridgehead atoms. The summed E-state index contributed by atoms with van der Waals surface area (Å²) >= 11 is 0. The second-order valence-corrected chi connectivity index (χ2v) is 6.98. The summed E-state index contributed by atoms with van der Waals surface area (Å²) in [6.45, 7) is 8.55. The minimum Gasteiger partial charge on any atom is -0.481 e. The number of hydrogen-bond donors (Lipinski definition) is 2. The average molecular weight is 283 g/mol. The van der Waals surface area contributed by atoms with Crippen LogP contribution in [0.1, 0.15) is 48.0 Å². The van der Waals surface area contributed by atoms with Gasteiger partial charge in [-0.05, 0) is 48.0 Å². The highest BCUT2D eigenvalue weighted by Gasteiger charge is 2.47. The van der Waals surface area contributed by atoms with Crippen LogP contribution < -0.4 is 5.32 Å². The molecule has 0 aliphatic rings. The molecule has 0 aromatic rings. The second-order valence-electron chi connectivity index (χ2n) is 6.98. The molecule has 0 saturated carbocycles. The molecule has 0 aromatic heterocycles. The minimum atomic E-state index is -4.29. The van der Waals surface area contributed by atoms with Crippen molar-refractivity contribution in [2.75, 3.05) is 6.54 Å². The monoisotopic (exact) mass is 283 g/mol. The molecule has 0 heterocycles. The summed E-state index contributed by atoms with van der Waals surface area (Å²) in [6.07, 6.45) is -4.05. The van der Waals surface area contributed by atoms with Gasteiger partial charge in [-0.15, -0.1) is 0 Å². The van der Waals surface area contributed by atoms with Crippen LogP contribution in [-0.2, 0) is 4.79 Å². The third kappa shape index (κ3) is 5.38. The highest BCUT2D eigenvalue weighted by Crippen LogP contribution is 2.37. The quantitative estimate of drug-likeness (QED) is 0.785. The maximum Gasteiger partial charge on any atom is 0.395 e. The van der Waals surface area contributed by atoms with Crippen molar-refractivity contribution >= 4 is 5.97 Å². The van der Waals surface area contributed by atoms with Crippen LogP contribution in [0.25, 0.3) is 0 Å². The molecule has 0 amide bonds. The lowest BCUT2D eigenvalue weighted by molar-refractivity contribution is -0.210. The molecule has 6 heteroatoms. The van der Waals surface area contributed by atoms with Gasteiger partial charge in [0.1, 0.15) is 0 Å². The molecule has 2 N–H and O–H groups in total. The number of hydrogen-bond acceptors (Lipinski definition) is 2. The Kier molecular flexibility index (Phi) is 5.09. The molecule has 114 valence electrons. The summed E-state index contributed by atoms with van der Waals surface area (Å²) < 4.78 is 38.2. The maximum absolute atomic E-state index is 12.7. The Morgan fingerprint density at radius 1 is 1.05 bits per heavy atom. The predicted molar refractivity (Wildman–Crippen MR) is 68.0 cm³/mol. The third-order valence-corrected chi connectivity index (χ3v) is 3.24. The van der Waals surface area contributed by atoms with Crippen molar-refractivity contribution in [3.8, 4) is 0 Å². The molecular weight excluding hydrogens is 259 g/mol. The first-order chi connectivity index (χ1) is 8.11. The van der Waals surface area contributed by atoms with Gasteiger partial charge in [-0.3, -0.25) is 4.79 Å². The van der Waals surface area contributed by atoms with E-state index in [-0.39, 0.29) is 13.0 Å². The smallest absolute Gasteiger partial charge is 0.395 e. The van der Waals surface area contributed by atoms with E-state index in [2.05, 4.69) is 5.32 Å². The molecule has 0 fully saturated rings. The highest BCUT2D eigenvalue weighted by atomic mass is 19.4. The first-order valence-electron chi connectivity index (χ1n) is 6.16. The zero-order chi connectivity index (χ0) is 15.7. The standard InChI is InChI=1S/C13H24F3NO2/c1-10(2,9(18)19)7-12(5,6)17-8-11(3,4)13(14,15)16/h17H,7-8H2,1-6H3,(H,18,19). The van der Waals surface area contributed by atoms with Crippen LogP contribution >= 0.6 is 0 Å². The summed E-state index contributed by atoms with van der Waals surface area (Å²) in [6, 6.07) is 0. The lowest BCUT2D eigenvalue weighted by atomic mass is 9.79. The van der Waals surface area contributed by atoms with Crippen LogP contribution in [0.5, 0.6) is 0 Å².